The van der Waals surface area contributed by atoms with Gasteiger partial charge in [-0.15, -0.1) is 0 Å². The molecule has 1 atom stereocenters. The summed E-state index contributed by atoms with van der Waals surface area (Å²) in [6.45, 7) is 3.05. The number of benzene rings is 1. The van der Waals surface area contributed by atoms with Gasteiger partial charge >= 0.3 is 0 Å². The molecule has 0 bridgehead atoms. The van der Waals surface area contributed by atoms with Gasteiger partial charge in [0.2, 0.25) is 5.95 Å². The first-order valence-corrected chi connectivity index (χ1v) is 8.58. The molecular formula is C18H18F4N4. The van der Waals surface area contributed by atoms with Crippen LogP contribution in [0.3, 0.4) is 0 Å². The van der Waals surface area contributed by atoms with E-state index in [2.05, 4.69) is 20.9 Å². The highest BCUT2D eigenvalue weighted by Gasteiger charge is 2.32. The molecule has 2 aromatic rings. The van der Waals surface area contributed by atoms with E-state index in [0.717, 1.165) is 12.8 Å². The van der Waals surface area contributed by atoms with Gasteiger partial charge in [0, 0.05) is 31.3 Å². The monoisotopic (exact) mass is 366 g/mol. The summed E-state index contributed by atoms with van der Waals surface area (Å²) in [6, 6.07) is 1.07. The number of fused-ring (bicyclic) bond motifs is 1. The maximum absolute atomic E-state index is 14.8. The van der Waals surface area contributed by atoms with E-state index >= 15 is 0 Å². The van der Waals surface area contributed by atoms with E-state index in [1.807, 2.05) is 6.92 Å². The Morgan fingerprint density at radius 3 is 2.35 bits per heavy atom. The van der Waals surface area contributed by atoms with Gasteiger partial charge in [0.1, 0.15) is 23.1 Å². The number of aromatic nitrogens is 1. The van der Waals surface area contributed by atoms with E-state index in [0.29, 0.717) is 36.8 Å². The molecule has 0 saturated heterocycles. The van der Waals surface area contributed by atoms with Crippen molar-refractivity contribution in [3.05, 3.63) is 35.5 Å². The molecule has 4 rings (SSSR count). The van der Waals surface area contributed by atoms with Crippen molar-refractivity contribution < 1.29 is 17.6 Å². The minimum Gasteiger partial charge on any atom is -0.380 e. The number of nitrogens with one attached hydrogen (secondary N) is 3. The lowest BCUT2D eigenvalue weighted by atomic mass is 10.0. The van der Waals surface area contributed by atoms with Crippen LogP contribution in [0.1, 0.15) is 19.8 Å². The first-order chi connectivity index (χ1) is 12.5. The molecular weight excluding hydrogens is 348 g/mol. The predicted octanol–water partition coefficient (Wildman–Crippen LogP) is 4.35. The van der Waals surface area contributed by atoms with Crippen molar-refractivity contribution >= 4 is 17.2 Å². The van der Waals surface area contributed by atoms with Crippen LogP contribution in [-0.2, 0) is 0 Å². The average molecular weight is 366 g/mol. The Bertz CT molecular complexity index is 844. The lowest BCUT2D eigenvalue weighted by Crippen LogP contribution is -2.26. The molecule has 1 unspecified atom stereocenters. The number of hydrogen-bond donors (Lipinski definition) is 3. The Labute approximate surface area is 148 Å². The van der Waals surface area contributed by atoms with Gasteiger partial charge in [0.15, 0.2) is 5.82 Å². The fourth-order valence-corrected chi connectivity index (χ4v) is 3.32. The zero-order chi connectivity index (χ0) is 18.4. The summed E-state index contributed by atoms with van der Waals surface area (Å²) in [7, 11) is 0. The number of halogens is 4. The molecule has 138 valence electrons. The van der Waals surface area contributed by atoms with Crippen LogP contribution in [-0.4, -0.2) is 24.1 Å². The fraction of sp³-hybridized carbons (Fsp3) is 0.389. The molecule has 1 aliphatic carbocycles. The van der Waals surface area contributed by atoms with Gasteiger partial charge in [-0.2, -0.15) is 9.37 Å². The van der Waals surface area contributed by atoms with Crippen molar-refractivity contribution in [1.29, 1.82) is 0 Å². The Balaban J connectivity index is 1.93. The average Bonchev–Trinajstić information content (AvgIpc) is 3.41. The molecule has 1 aromatic heterocycles. The van der Waals surface area contributed by atoms with Crippen molar-refractivity contribution in [3.63, 3.8) is 0 Å². The highest BCUT2D eigenvalue weighted by atomic mass is 19.1. The topological polar surface area (TPSA) is 49.0 Å². The zero-order valence-electron chi connectivity index (χ0n) is 14.1. The molecule has 3 N–H and O–H groups in total. The van der Waals surface area contributed by atoms with Crippen molar-refractivity contribution in [2.45, 2.75) is 25.8 Å². The van der Waals surface area contributed by atoms with Crippen LogP contribution in [0.2, 0.25) is 0 Å². The van der Waals surface area contributed by atoms with E-state index in [-0.39, 0.29) is 23.1 Å². The van der Waals surface area contributed by atoms with E-state index in [1.165, 1.54) is 0 Å². The summed E-state index contributed by atoms with van der Waals surface area (Å²) in [5, 5.41) is 9.29. The maximum atomic E-state index is 14.8. The van der Waals surface area contributed by atoms with Crippen LogP contribution in [0, 0.1) is 29.3 Å². The van der Waals surface area contributed by atoms with Crippen LogP contribution in [0.15, 0.2) is 12.1 Å². The molecule has 1 aliphatic heterocycles. The van der Waals surface area contributed by atoms with Crippen LogP contribution in [0.25, 0.3) is 11.1 Å². The Morgan fingerprint density at radius 1 is 1.04 bits per heavy atom. The molecule has 0 radical (unpaired) electrons. The normalized spacial score (nSPS) is 17.1. The van der Waals surface area contributed by atoms with E-state index in [4.69, 9.17) is 0 Å². The Morgan fingerprint density at radius 2 is 1.69 bits per heavy atom. The second kappa shape index (κ2) is 6.34. The van der Waals surface area contributed by atoms with Gasteiger partial charge in [-0.3, -0.25) is 0 Å². The predicted molar refractivity (Wildman–Crippen MR) is 92.3 cm³/mol. The van der Waals surface area contributed by atoms with E-state index in [9.17, 15) is 17.6 Å². The minimum absolute atomic E-state index is 0.00468. The van der Waals surface area contributed by atoms with Crippen molar-refractivity contribution in [2.24, 2.45) is 5.92 Å². The van der Waals surface area contributed by atoms with Gasteiger partial charge in [0.25, 0.3) is 0 Å². The third kappa shape index (κ3) is 2.93. The summed E-state index contributed by atoms with van der Waals surface area (Å²) >= 11 is 0. The second-order valence-electron chi connectivity index (χ2n) is 6.74. The highest BCUT2D eigenvalue weighted by Crippen LogP contribution is 2.44. The quantitative estimate of drug-likeness (QED) is 0.556. The third-order valence-corrected chi connectivity index (χ3v) is 4.83. The number of anilines is 3. The zero-order valence-corrected chi connectivity index (χ0v) is 14.1. The smallest absolute Gasteiger partial charge is 0.225 e. The Hall–Kier alpha value is -2.51. The summed E-state index contributed by atoms with van der Waals surface area (Å²) in [4.78, 5) is 3.82. The first kappa shape index (κ1) is 16.9. The summed E-state index contributed by atoms with van der Waals surface area (Å²) in [6.07, 6.45) is 2.09. The molecule has 4 nitrogen and oxygen atoms in total. The number of rotatable bonds is 4. The van der Waals surface area contributed by atoms with Gasteiger partial charge in [-0.05, 0) is 25.7 Å². The maximum Gasteiger partial charge on any atom is 0.225 e. The number of hydrogen-bond acceptors (Lipinski definition) is 4. The lowest BCUT2D eigenvalue weighted by molar-refractivity contribution is 0.541. The van der Waals surface area contributed by atoms with Gasteiger partial charge in [0.05, 0.1) is 16.8 Å². The molecule has 1 aromatic carbocycles. The second-order valence-corrected chi connectivity index (χ2v) is 6.74. The molecule has 1 saturated carbocycles. The molecule has 0 amide bonds. The van der Waals surface area contributed by atoms with Crippen LogP contribution in [0.5, 0.6) is 0 Å². The molecule has 2 heterocycles. The standard InChI is InChI=1S/C18H18F4N4/c1-8(9-2-3-9)25-15-14(13-11(20)6-10(19)7-12(13)21)17(22)26-18-16(15)23-4-5-24-18/h6-9,23H,2-5H2,1H3,(H2,24,25,26). The van der Waals surface area contributed by atoms with Crippen LogP contribution in [0.4, 0.5) is 34.8 Å². The largest absolute Gasteiger partial charge is 0.380 e. The lowest BCUT2D eigenvalue weighted by Gasteiger charge is -2.27. The van der Waals surface area contributed by atoms with Crippen molar-refractivity contribution in [2.75, 3.05) is 29.0 Å². The number of pyridine rings is 1. The van der Waals surface area contributed by atoms with Gasteiger partial charge in [-0.25, -0.2) is 13.2 Å². The third-order valence-electron chi connectivity index (χ3n) is 4.83. The van der Waals surface area contributed by atoms with Gasteiger partial charge in [-0.1, -0.05) is 0 Å². The highest BCUT2D eigenvalue weighted by molar-refractivity contribution is 5.93. The fourth-order valence-electron chi connectivity index (χ4n) is 3.32. The summed E-state index contributed by atoms with van der Waals surface area (Å²) in [5.41, 5.74) is -0.258. The number of nitrogens with zero attached hydrogens (tertiary/aromatic N) is 1. The summed E-state index contributed by atoms with van der Waals surface area (Å²) in [5.74, 6) is -3.71. The van der Waals surface area contributed by atoms with E-state index in [1.54, 1.807) is 0 Å². The van der Waals surface area contributed by atoms with Crippen LogP contribution < -0.4 is 16.0 Å². The van der Waals surface area contributed by atoms with Crippen molar-refractivity contribution in [1.82, 2.24) is 4.98 Å². The minimum atomic E-state index is -1.17. The van der Waals surface area contributed by atoms with Gasteiger partial charge < -0.3 is 16.0 Å². The summed E-state index contributed by atoms with van der Waals surface area (Å²) < 4.78 is 56.8. The first-order valence-electron chi connectivity index (χ1n) is 8.58. The molecule has 2 aliphatic rings. The van der Waals surface area contributed by atoms with E-state index < -0.39 is 29.0 Å². The molecule has 0 spiro atoms. The van der Waals surface area contributed by atoms with Crippen LogP contribution >= 0.6 is 0 Å². The molecule has 26 heavy (non-hydrogen) atoms. The van der Waals surface area contributed by atoms with Crippen molar-refractivity contribution in [3.8, 4) is 11.1 Å². The SMILES string of the molecule is CC(Nc1c2c(nc(F)c1-c1c(F)cc(F)cc1F)NCCN2)C1CC1. The molecule has 1 fully saturated rings. The molecule has 8 heteroatoms. The Kier molecular flexibility index (Phi) is 4.13.